The van der Waals surface area contributed by atoms with E-state index < -0.39 is 15.9 Å². The third-order valence-corrected chi connectivity index (χ3v) is 4.94. The molecule has 0 heterocycles. The minimum Gasteiger partial charge on any atom is -0.496 e. The summed E-state index contributed by atoms with van der Waals surface area (Å²) < 4.78 is 34.0. The maximum absolute atomic E-state index is 12.8. The third kappa shape index (κ3) is 5.22. The first-order valence-electron chi connectivity index (χ1n) is 8.57. The Balaban J connectivity index is 2.38. The summed E-state index contributed by atoms with van der Waals surface area (Å²) in [5.74, 6) is 0.227. The lowest BCUT2D eigenvalue weighted by Crippen LogP contribution is -2.19. The molecule has 0 atom stereocenters. The summed E-state index contributed by atoms with van der Waals surface area (Å²) in [6.07, 6.45) is 0. The van der Waals surface area contributed by atoms with Gasteiger partial charge in [-0.05, 0) is 43.3 Å². The van der Waals surface area contributed by atoms with Crippen LogP contribution in [-0.4, -0.2) is 42.1 Å². The van der Waals surface area contributed by atoms with E-state index in [-0.39, 0.29) is 4.90 Å². The lowest BCUT2D eigenvalue weighted by Gasteiger charge is -2.19. The Labute approximate surface area is 165 Å². The highest BCUT2D eigenvalue weighted by molar-refractivity contribution is 7.89. The van der Waals surface area contributed by atoms with Crippen LogP contribution in [-0.2, 0) is 21.4 Å². The van der Waals surface area contributed by atoms with E-state index in [0.717, 1.165) is 5.56 Å². The number of nitrogens with one attached hydrogen (secondary N) is 1. The van der Waals surface area contributed by atoms with Crippen molar-refractivity contribution in [3.05, 3.63) is 47.5 Å². The second-order valence-corrected chi connectivity index (χ2v) is 7.80. The second kappa shape index (κ2) is 9.05. The first-order chi connectivity index (χ1) is 13.2. The van der Waals surface area contributed by atoms with Crippen molar-refractivity contribution in [1.82, 2.24) is 0 Å². The van der Waals surface area contributed by atoms with Gasteiger partial charge >= 0.3 is 0 Å². The monoisotopic (exact) mass is 407 g/mol. The smallest absolute Gasteiger partial charge is 0.255 e. The Morgan fingerprint density at radius 2 is 1.89 bits per heavy atom. The average Bonchev–Trinajstić information content (AvgIpc) is 2.65. The standard InChI is InChI=1S/C19H25N3O5S/c1-5-27-12-14-10-13(6-9-18(14)26-4)19(23)21-16-11-15(28(20,24)25)7-8-17(16)22(2)3/h6-11H,5,12H2,1-4H3,(H,21,23)(H2,20,24,25). The molecule has 2 rings (SSSR count). The van der Waals surface area contributed by atoms with Crippen molar-refractivity contribution >= 4 is 27.3 Å². The van der Waals surface area contributed by atoms with E-state index in [1.54, 1.807) is 50.4 Å². The number of nitrogens with zero attached hydrogens (tertiary/aromatic N) is 1. The molecule has 0 aliphatic heterocycles. The fraction of sp³-hybridized carbons (Fsp3) is 0.316. The Hall–Kier alpha value is -2.62. The molecule has 9 heteroatoms. The van der Waals surface area contributed by atoms with Crippen molar-refractivity contribution < 1.29 is 22.7 Å². The van der Waals surface area contributed by atoms with Crippen molar-refractivity contribution in [2.24, 2.45) is 5.14 Å². The van der Waals surface area contributed by atoms with Crippen LogP contribution in [0.2, 0.25) is 0 Å². The summed E-state index contributed by atoms with van der Waals surface area (Å²) in [5.41, 5.74) is 2.11. The van der Waals surface area contributed by atoms with Gasteiger partial charge in [-0.2, -0.15) is 0 Å². The number of rotatable bonds is 8. The first-order valence-corrected chi connectivity index (χ1v) is 10.1. The van der Waals surface area contributed by atoms with Gasteiger partial charge in [0.05, 0.1) is 30.0 Å². The largest absolute Gasteiger partial charge is 0.496 e. The SMILES string of the molecule is CCOCc1cc(C(=O)Nc2cc(S(N)(=O)=O)ccc2N(C)C)ccc1OC. The van der Waals surface area contributed by atoms with Crippen molar-refractivity contribution in [1.29, 1.82) is 0 Å². The van der Waals surface area contributed by atoms with Gasteiger partial charge in [0.25, 0.3) is 5.91 Å². The van der Waals surface area contributed by atoms with Crippen LogP contribution in [0.5, 0.6) is 5.75 Å². The van der Waals surface area contributed by atoms with Crippen LogP contribution in [0.3, 0.4) is 0 Å². The summed E-state index contributed by atoms with van der Waals surface area (Å²) in [5, 5.41) is 7.97. The zero-order chi connectivity index (χ0) is 20.9. The van der Waals surface area contributed by atoms with Crippen molar-refractivity contribution in [2.75, 3.05) is 38.0 Å². The lowest BCUT2D eigenvalue weighted by molar-refractivity contribution is 0.102. The molecule has 0 bridgehead atoms. The Kier molecular flexibility index (Phi) is 7.00. The van der Waals surface area contributed by atoms with E-state index in [1.807, 2.05) is 6.92 Å². The molecule has 0 aliphatic carbocycles. The molecule has 0 aliphatic rings. The molecule has 0 radical (unpaired) electrons. The molecule has 2 aromatic rings. The number of anilines is 2. The van der Waals surface area contributed by atoms with E-state index in [2.05, 4.69) is 5.32 Å². The van der Waals surface area contributed by atoms with Gasteiger partial charge in [0.2, 0.25) is 10.0 Å². The fourth-order valence-corrected chi connectivity index (χ4v) is 3.16. The molecule has 0 saturated heterocycles. The van der Waals surface area contributed by atoms with E-state index >= 15 is 0 Å². The average molecular weight is 407 g/mol. The quantitative estimate of drug-likeness (QED) is 0.694. The van der Waals surface area contributed by atoms with Crippen LogP contribution < -0.4 is 20.1 Å². The van der Waals surface area contributed by atoms with Crippen molar-refractivity contribution in [3.63, 3.8) is 0 Å². The molecule has 1 amide bonds. The van der Waals surface area contributed by atoms with Crippen LogP contribution in [0.1, 0.15) is 22.8 Å². The summed E-state index contributed by atoms with van der Waals surface area (Å²) in [6, 6.07) is 9.33. The number of carbonyl (C=O) groups is 1. The molecule has 2 aromatic carbocycles. The number of methoxy groups -OCH3 is 1. The van der Waals surface area contributed by atoms with Gasteiger partial charge in [-0.1, -0.05) is 0 Å². The number of hydrogen-bond acceptors (Lipinski definition) is 6. The Bertz CT molecular complexity index is 958. The topological polar surface area (TPSA) is 111 Å². The molecule has 0 saturated carbocycles. The minimum absolute atomic E-state index is 0.0832. The van der Waals surface area contributed by atoms with Crippen molar-refractivity contribution in [2.45, 2.75) is 18.4 Å². The summed E-state index contributed by atoms with van der Waals surface area (Å²) in [7, 11) is 1.22. The summed E-state index contributed by atoms with van der Waals surface area (Å²) >= 11 is 0. The highest BCUT2D eigenvalue weighted by Crippen LogP contribution is 2.28. The van der Waals surface area contributed by atoms with Crippen LogP contribution in [0, 0.1) is 0 Å². The molecule has 0 spiro atoms. The number of ether oxygens (including phenoxy) is 2. The third-order valence-electron chi connectivity index (χ3n) is 4.03. The number of benzene rings is 2. The van der Waals surface area contributed by atoms with E-state index in [4.69, 9.17) is 14.6 Å². The minimum atomic E-state index is -3.90. The predicted molar refractivity (Wildman–Crippen MR) is 108 cm³/mol. The molecular weight excluding hydrogens is 382 g/mol. The first kappa shape index (κ1) is 21.7. The molecule has 0 aromatic heterocycles. The van der Waals surface area contributed by atoms with Gasteiger partial charge in [-0.25, -0.2) is 13.6 Å². The number of sulfonamides is 1. The number of nitrogens with two attached hydrogens (primary N) is 1. The number of primary sulfonamides is 1. The second-order valence-electron chi connectivity index (χ2n) is 6.24. The zero-order valence-electron chi connectivity index (χ0n) is 16.4. The molecule has 152 valence electrons. The van der Waals surface area contributed by atoms with E-state index in [0.29, 0.717) is 35.9 Å². The number of hydrogen-bond donors (Lipinski definition) is 2. The van der Waals surface area contributed by atoms with Gasteiger partial charge in [-0.15, -0.1) is 0 Å². The molecular formula is C19H25N3O5S. The van der Waals surface area contributed by atoms with Gasteiger partial charge < -0.3 is 19.7 Å². The van der Waals surface area contributed by atoms with Gasteiger partial charge in [0, 0.05) is 31.8 Å². The fourth-order valence-electron chi connectivity index (χ4n) is 2.62. The number of carbonyl (C=O) groups excluding carboxylic acids is 1. The molecule has 0 unspecified atom stereocenters. The van der Waals surface area contributed by atoms with Crippen LogP contribution in [0.15, 0.2) is 41.3 Å². The van der Waals surface area contributed by atoms with Crippen molar-refractivity contribution in [3.8, 4) is 5.75 Å². The normalized spacial score (nSPS) is 11.2. The maximum Gasteiger partial charge on any atom is 0.255 e. The van der Waals surface area contributed by atoms with E-state index in [9.17, 15) is 13.2 Å². The van der Waals surface area contributed by atoms with Crippen LogP contribution in [0.25, 0.3) is 0 Å². The van der Waals surface area contributed by atoms with Gasteiger partial charge in [0.1, 0.15) is 5.75 Å². The highest BCUT2D eigenvalue weighted by Gasteiger charge is 2.16. The molecule has 28 heavy (non-hydrogen) atoms. The Morgan fingerprint density at radius 1 is 1.18 bits per heavy atom. The van der Waals surface area contributed by atoms with Crippen LogP contribution >= 0.6 is 0 Å². The van der Waals surface area contributed by atoms with Gasteiger partial charge in [-0.3, -0.25) is 4.79 Å². The zero-order valence-corrected chi connectivity index (χ0v) is 17.2. The number of amides is 1. The van der Waals surface area contributed by atoms with E-state index in [1.165, 1.54) is 12.1 Å². The molecule has 8 nitrogen and oxygen atoms in total. The Morgan fingerprint density at radius 3 is 2.46 bits per heavy atom. The molecule has 0 fully saturated rings. The van der Waals surface area contributed by atoms with Crippen LogP contribution in [0.4, 0.5) is 11.4 Å². The summed E-state index contributed by atoms with van der Waals surface area (Å²) in [6.45, 7) is 2.72. The maximum atomic E-state index is 12.8. The lowest BCUT2D eigenvalue weighted by atomic mass is 10.1. The highest BCUT2D eigenvalue weighted by atomic mass is 32.2. The summed E-state index contributed by atoms with van der Waals surface area (Å²) in [4.78, 5) is 14.5. The molecule has 3 N–H and O–H groups in total. The van der Waals surface area contributed by atoms with Gasteiger partial charge in [0.15, 0.2) is 0 Å². The predicted octanol–water partition coefficient (Wildman–Crippen LogP) is 2.20.